The van der Waals surface area contributed by atoms with Crippen molar-refractivity contribution in [3.63, 3.8) is 0 Å². The van der Waals surface area contributed by atoms with Crippen molar-refractivity contribution in [3.05, 3.63) is 116 Å². The summed E-state index contributed by atoms with van der Waals surface area (Å²) < 4.78 is 18.3. The Kier molecular flexibility index (Phi) is 8.06. The first-order valence-electron chi connectivity index (χ1n) is 13.4. The predicted octanol–water partition coefficient (Wildman–Crippen LogP) is 7.33. The van der Waals surface area contributed by atoms with Gasteiger partial charge in [0, 0.05) is 5.69 Å². The third kappa shape index (κ3) is 5.88. The zero-order chi connectivity index (χ0) is 30.8. The van der Waals surface area contributed by atoms with Crippen molar-refractivity contribution in [2.45, 2.75) is 6.92 Å². The van der Waals surface area contributed by atoms with Gasteiger partial charge in [0.05, 0.1) is 39.7 Å². The van der Waals surface area contributed by atoms with Crippen LogP contribution in [-0.4, -0.2) is 35.5 Å². The number of ether oxygens (including phenoxy) is 2. The molecule has 9 nitrogen and oxygen atoms in total. The number of halogens is 2. The number of hydrogen-bond donors (Lipinski definition) is 1. The van der Waals surface area contributed by atoms with E-state index in [1.807, 2.05) is 31.2 Å². The number of nitrogens with one attached hydrogen (secondary N) is 1. The molecule has 2 aromatic heterocycles. The minimum Gasteiger partial charge on any atom is -0.496 e. The van der Waals surface area contributed by atoms with E-state index in [9.17, 15) is 9.59 Å². The van der Waals surface area contributed by atoms with Crippen molar-refractivity contribution in [2.75, 3.05) is 19.0 Å². The molecule has 6 rings (SSSR count). The predicted molar refractivity (Wildman–Crippen MR) is 173 cm³/mol. The maximum absolute atomic E-state index is 13.6. The number of hydrogen-bond acceptors (Lipinski definition) is 7. The highest BCUT2D eigenvalue weighted by Crippen LogP contribution is 2.35. The van der Waals surface area contributed by atoms with Crippen LogP contribution in [0.1, 0.15) is 11.1 Å². The Morgan fingerprint density at radius 2 is 1.75 bits per heavy atom. The number of para-hydroxylation sites is 1. The molecule has 0 spiro atoms. The second kappa shape index (κ2) is 12.2. The molecule has 0 saturated heterocycles. The number of anilines is 1. The maximum Gasteiger partial charge on any atom is 0.282 e. The van der Waals surface area contributed by atoms with E-state index in [1.165, 1.54) is 6.21 Å². The van der Waals surface area contributed by atoms with Crippen molar-refractivity contribution in [3.8, 4) is 23.1 Å². The van der Waals surface area contributed by atoms with Gasteiger partial charge in [0.25, 0.3) is 11.5 Å². The highest BCUT2D eigenvalue weighted by atomic mass is 35.5. The number of benzene rings is 4. The summed E-state index contributed by atoms with van der Waals surface area (Å²) in [6, 6.07) is 24.7. The quantitative estimate of drug-likeness (QED) is 0.177. The smallest absolute Gasteiger partial charge is 0.282 e. The van der Waals surface area contributed by atoms with Gasteiger partial charge < -0.3 is 19.2 Å². The molecule has 0 atom stereocenters. The number of furan rings is 1. The zero-order valence-electron chi connectivity index (χ0n) is 23.5. The van der Waals surface area contributed by atoms with Crippen LogP contribution in [0.25, 0.3) is 33.5 Å². The summed E-state index contributed by atoms with van der Waals surface area (Å²) in [5.74, 6) is 0.916. The van der Waals surface area contributed by atoms with Gasteiger partial charge >= 0.3 is 0 Å². The number of aromatic nitrogens is 2. The van der Waals surface area contributed by atoms with Crippen LogP contribution in [0.15, 0.2) is 99.2 Å². The zero-order valence-corrected chi connectivity index (χ0v) is 25.0. The van der Waals surface area contributed by atoms with Crippen molar-refractivity contribution in [1.82, 2.24) is 9.66 Å². The summed E-state index contributed by atoms with van der Waals surface area (Å²) >= 11 is 13.0. The molecule has 11 heteroatoms. The lowest BCUT2D eigenvalue weighted by Crippen LogP contribution is -2.20. The van der Waals surface area contributed by atoms with Crippen LogP contribution in [0.4, 0.5) is 5.69 Å². The first-order chi connectivity index (χ1) is 21.3. The number of nitrogens with zero attached hydrogens (tertiary/aromatic N) is 3. The standard InChI is InChI=1S/C33H24Cl2N4O5/c1-19-10-12-21(13-11-19)37-30(40)18-43-31-24(34)14-20(15-25(31)35)17-36-39-32(38-26-7-4-3-6-22(26)33(39)41)29-16-23-27(42-2)8-5-9-28(23)44-29/h3-17H,18H2,1-2H3,(H,37,40). The highest BCUT2D eigenvalue weighted by molar-refractivity contribution is 6.37. The molecule has 0 aliphatic heterocycles. The number of carbonyl (C=O) groups excluding carboxylic acids is 1. The molecule has 0 aliphatic rings. The molecule has 220 valence electrons. The van der Waals surface area contributed by atoms with Gasteiger partial charge in [-0.05, 0) is 67.1 Å². The number of methoxy groups -OCH3 is 1. The van der Waals surface area contributed by atoms with E-state index in [2.05, 4.69) is 10.4 Å². The second-order valence-electron chi connectivity index (χ2n) is 9.81. The lowest BCUT2D eigenvalue weighted by atomic mass is 10.2. The molecule has 1 N–H and O–H groups in total. The molecule has 44 heavy (non-hydrogen) atoms. The molecule has 6 aromatic rings. The van der Waals surface area contributed by atoms with Crippen molar-refractivity contribution < 1.29 is 18.7 Å². The van der Waals surface area contributed by atoms with Crippen LogP contribution in [0, 0.1) is 6.92 Å². The number of amides is 1. The van der Waals surface area contributed by atoms with Gasteiger partial charge in [-0.2, -0.15) is 9.78 Å². The van der Waals surface area contributed by atoms with E-state index in [1.54, 1.807) is 67.8 Å². The molecule has 4 aromatic carbocycles. The van der Waals surface area contributed by atoms with Crippen molar-refractivity contribution in [2.24, 2.45) is 5.10 Å². The molecular formula is C33H24Cl2N4O5. The normalized spacial score (nSPS) is 11.4. The van der Waals surface area contributed by atoms with Gasteiger partial charge in [-0.1, -0.05) is 59.1 Å². The SMILES string of the molecule is COc1cccc2oc(-c3nc4ccccc4c(=O)n3N=Cc3cc(Cl)c(OCC(=O)Nc4ccc(C)cc4)c(Cl)c3)cc12. The summed E-state index contributed by atoms with van der Waals surface area (Å²) in [7, 11) is 1.57. The van der Waals surface area contributed by atoms with E-state index in [0.717, 1.165) is 15.6 Å². The van der Waals surface area contributed by atoms with Crippen LogP contribution in [-0.2, 0) is 4.79 Å². The minimum absolute atomic E-state index is 0.144. The number of fused-ring (bicyclic) bond motifs is 2. The van der Waals surface area contributed by atoms with Crippen LogP contribution >= 0.6 is 23.2 Å². The minimum atomic E-state index is -0.397. The lowest BCUT2D eigenvalue weighted by molar-refractivity contribution is -0.118. The topological polar surface area (TPSA) is 108 Å². The van der Waals surface area contributed by atoms with E-state index in [0.29, 0.717) is 39.2 Å². The molecule has 0 fully saturated rings. The van der Waals surface area contributed by atoms with Crippen LogP contribution in [0.3, 0.4) is 0 Å². The summed E-state index contributed by atoms with van der Waals surface area (Å²) in [4.78, 5) is 30.7. The monoisotopic (exact) mass is 626 g/mol. The maximum atomic E-state index is 13.6. The Hall–Kier alpha value is -5.12. The molecule has 0 unspecified atom stereocenters. The molecule has 0 radical (unpaired) electrons. The third-order valence-electron chi connectivity index (χ3n) is 6.74. The first kappa shape index (κ1) is 29.0. The number of aryl methyl sites for hydroxylation is 1. The van der Waals surface area contributed by atoms with Crippen LogP contribution < -0.4 is 20.3 Å². The summed E-state index contributed by atoms with van der Waals surface area (Å²) in [5, 5.41) is 8.65. The lowest BCUT2D eigenvalue weighted by Gasteiger charge is -2.11. The van der Waals surface area contributed by atoms with E-state index in [4.69, 9.17) is 42.1 Å². The Balaban J connectivity index is 1.30. The van der Waals surface area contributed by atoms with E-state index < -0.39 is 5.56 Å². The largest absolute Gasteiger partial charge is 0.496 e. The fourth-order valence-corrected chi connectivity index (χ4v) is 5.21. The van der Waals surface area contributed by atoms with Crippen molar-refractivity contribution >= 4 is 62.9 Å². The number of rotatable bonds is 8. The van der Waals surface area contributed by atoms with Gasteiger partial charge in [-0.15, -0.1) is 0 Å². The van der Waals surface area contributed by atoms with Crippen molar-refractivity contribution in [1.29, 1.82) is 0 Å². The van der Waals surface area contributed by atoms with Gasteiger partial charge in [-0.3, -0.25) is 9.59 Å². The highest BCUT2D eigenvalue weighted by Gasteiger charge is 2.18. The first-order valence-corrected chi connectivity index (χ1v) is 14.2. The Labute approximate surface area is 261 Å². The average Bonchev–Trinajstić information content (AvgIpc) is 3.46. The molecular weight excluding hydrogens is 603 g/mol. The average molecular weight is 627 g/mol. The second-order valence-corrected chi connectivity index (χ2v) is 10.6. The Morgan fingerprint density at radius 1 is 1.00 bits per heavy atom. The molecule has 2 heterocycles. The molecule has 0 saturated carbocycles. The van der Waals surface area contributed by atoms with Crippen LogP contribution in [0.5, 0.6) is 11.5 Å². The third-order valence-corrected chi connectivity index (χ3v) is 7.30. The van der Waals surface area contributed by atoms with E-state index in [-0.39, 0.29) is 34.1 Å². The van der Waals surface area contributed by atoms with Crippen LogP contribution in [0.2, 0.25) is 10.0 Å². The fourth-order valence-electron chi connectivity index (χ4n) is 4.60. The molecule has 0 aliphatic carbocycles. The summed E-state index contributed by atoms with van der Waals surface area (Å²) in [5.41, 5.74) is 2.87. The number of carbonyl (C=O) groups is 1. The fraction of sp³-hybridized carbons (Fsp3) is 0.0909. The van der Waals surface area contributed by atoms with Gasteiger partial charge in [0.15, 0.2) is 18.1 Å². The summed E-state index contributed by atoms with van der Waals surface area (Å²) in [6.07, 6.45) is 1.43. The molecule has 0 bridgehead atoms. The molecule has 1 amide bonds. The van der Waals surface area contributed by atoms with Gasteiger partial charge in [-0.25, -0.2) is 4.98 Å². The van der Waals surface area contributed by atoms with E-state index >= 15 is 0 Å². The Bertz CT molecular complexity index is 2100. The van der Waals surface area contributed by atoms with Gasteiger partial charge in [0.1, 0.15) is 11.3 Å². The van der Waals surface area contributed by atoms with Gasteiger partial charge in [0.2, 0.25) is 5.82 Å². The Morgan fingerprint density at radius 3 is 2.50 bits per heavy atom. The summed E-state index contributed by atoms with van der Waals surface area (Å²) in [6.45, 7) is 1.66.